The van der Waals surface area contributed by atoms with Crippen LogP contribution >= 0.6 is 0 Å². The Hall–Kier alpha value is -1.88. The first-order chi connectivity index (χ1) is 7.99. The summed E-state index contributed by atoms with van der Waals surface area (Å²) in [4.78, 5) is 21.8. The van der Waals surface area contributed by atoms with Crippen molar-refractivity contribution in [2.45, 2.75) is 25.8 Å². The van der Waals surface area contributed by atoms with Gasteiger partial charge in [-0.3, -0.25) is 9.59 Å². The molecule has 92 valence electrons. The fraction of sp³-hybridized carbons (Fsp3) is 0.333. The molecule has 0 aliphatic heterocycles. The monoisotopic (exact) mass is 236 g/mol. The summed E-state index contributed by atoms with van der Waals surface area (Å²) in [6.07, 6.45) is 0.516. The van der Waals surface area contributed by atoms with Crippen molar-refractivity contribution in [1.29, 1.82) is 0 Å². The van der Waals surface area contributed by atoms with Crippen LogP contribution < -0.4 is 11.1 Å². The molecule has 0 saturated heterocycles. The Bertz CT molecular complexity index is 416. The second kappa shape index (κ2) is 6.00. The van der Waals surface area contributed by atoms with Gasteiger partial charge >= 0.3 is 5.97 Å². The SMILES string of the molecule is C[C@@H](N)C(=O)Nc1cccc(CCC(=O)O)c1. The number of carboxylic acid groups (broad SMARTS) is 1. The minimum atomic E-state index is -0.838. The quantitative estimate of drug-likeness (QED) is 0.710. The van der Waals surface area contributed by atoms with Gasteiger partial charge in [-0.2, -0.15) is 0 Å². The van der Waals surface area contributed by atoms with E-state index in [1.807, 2.05) is 6.07 Å². The Labute approximate surface area is 99.6 Å². The lowest BCUT2D eigenvalue weighted by Gasteiger charge is -2.08. The molecule has 0 aromatic heterocycles. The normalized spacial score (nSPS) is 11.9. The number of aryl methyl sites for hydroxylation is 1. The van der Waals surface area contributed by atoms with E-state index >= 15 is 0 Å². The molecule has 0 unspecified atom stereocenters. The van der Waals surface area contributed by atoms with E-state index in [0.717, 1.165) is 5.56 Å². The Morgan fingerprint density at radius 3 is 2.76 bits per heavy atom. The highest BCUT2D eigenvalue weighted by atomic mass is 16.4. The number of nitrogens with one attached hydrogen (secondary N) is 1. The van der Waals surface area contributed by atoms with Crippen LogP contribution in [0.5, 0.6) is 0 Å². The molecule has 1 amide bonds. The van der Waals surface area contributed by atoms with Crippen LogP contribution in [0.15, 0.2) is 24.3 Å². The molecule has 1 aromatic rings. The lowest BCUT2D eigenvalue weighted by molar-refractivity contribution is -0.137. The third kappa shape index (κ3) is 4.65. The van der Waals surface area contributed by atoms with Crippen LogP contribution in [-0.2, 0) is 16.0 Å². The molecule has 0 aliphatic carbocycles. The van der Waals surface area contributed by atoms with Gasteiger partial charge < -0.3 is 16.2 Å². The van der Waals surface area contributed by atoms with E-state index in [2.05, 4.69) is 5.32 Å². The molecule has 0 heterocycles. The molecule has 1 atom stereocenters. The largest absolute Gasteiger partial charge is 0.481 e. The highest BCUT2D eigenvalue weighted by molar-refractivity contribution is 5.94. The van der Waals surface area contributed by atoms with Crippen molar-refractivity contribution >= 4 is 17.6 Å². The van der Waals surface area contributed by atoms with Gasteiger partial charge in [0, 0.05) is 12.1 Å². The molecule has 0 spiro atoms. The van der Waals surface area contributed by atoms with Crippen molar-refractivity contribution in [1.82, 2.24) is 0 Å². The van der Waals surface area contributed by atoms with E-state index < -0.39 is 12.0 Å². The van der Waals surface area contributed by atoms with Crippen LogP contribution in [0.25, 0.3) is 0 Å². The van der Waals surface area contributed by atoms with Crippen molar-refractivity contribution in [2.75, 3.05) is 5.32 Å². The van der Waals surface area contributed by atoms with Crippen LogP contribution in [-0.4, -0.2) is 23.0 Å². The minimum Gasteiger partial charge on any atom is -0.481 e. The van der Waals surface area contributed by atoms with Crippen LogP contribution in [0.4, 0.5) is 5.69 Å². The Morgan fingerprint density at radius 2 is 2.18 bits per heavy atom. The van der Waals surface area contributed by atoms with Crippen LogP contribution in [0, 0.1) is 0 Å². The standard InChI is InChI=1S/C12H16N2O3/c1-8(13)12(17)14-10-4-2-3-9(7-10)5-6-11(15)16/h2-4,7-8H,5-6,13H2,1H3,(H,14,17)(H,15,16)/t8-/m1/s1. The maximum Gasteiger partial charge on any atom is 0.303 e. The van der Waals surface area contributed by atoms with Crippen molar-refractivity contribution in [3.05, 3.63) is 29.8 Å². The van der Waals surface area contributed by atoms with E-state index in [1.54, 1.807) is 25.1 Å². The van der Waals surface area contributed by atoms with E-state index in [9.17, 15) is 9.59 Å². The molecule has 0 bridgehead atoms. The highest BCUT2D eigenvalue weighted by Gasteiger charge is 2.07. The molecular formula is C12H16N2O3. The Balaban J connectivity index is 2.65. The number of aliphatic carboxylic acids is 1. The summed E-state index contributed by atoms with van der Waals surface area (Å²) in [5, 5.41) is 11.2. The number of nitrogens with two attached hydrogens (primary N) is 1. The number of hydrogen-bond acceptors (Lipinski definition) is 3. The van der Waals surface area contributed by atoms with Gasteiger partial charge in [0.15, 0.2) is 0 Å². The summed E-state index contributed by atoms with van der Waals surface area (Å²) in [7, 11) is 0. The van der Waals surface area contributed by atoms with Gasteiger partial charge in [-0.05, 0) is 31.0 Å². The average molecular weight is 236 g/mol. The van der Waals surface area contributed by atoms with Crippen molar-refractivity contribution in [3.8, 4) is 0 Å². The summed E-state index contributed by atoms with van der Waals surface area (Å²) in [6, 6.07) is 6.52. The third-order valence-electron chi connectivity index (χ3n) is 2.24. The zero-order valence-corrected chi connectivity index (χ0v) is 9.64. The van der Waals surface area contributed by atoms with Crippen LogP contribution in [0.1, 0.15) is 18.9 Å². The number of anilines is 1. The van der Waals surface area contributed by atoms with Crippen molar-refractivity contribution in [3.63, 3.8) is 0 Å². The highest BCUT2D eigenvalue weighted by Crippen LogP contribution is 2.12. The van der Waals surface area contributed by atoms with Gasteiger partial charge in [0.25, 0.3) is 0 Å². The van der Waals surface area contributed by atoms with Gasteiger partial charge in [0.1, 0.15) is 0 Å². The fourth-order valence-corrected chi connectivity index (χ4v) is 1.31. The predicted molar refractivity (Wildman–Crippen MR) is 64.7 cm³/mol. The van der Waals surface area contributed by atoms with Gasteiger partial charge in [0.05, 0.1) is 6.04 Å². The topological polar surface area (TPSA) is 92.4 Å². The number of amides is 1. The number of rotatable bonds is 5. The molecule has 5 nitrogen and oxygen atoms in total. The Morgan fingerprint density at radius 1 is 1.47 bits per heavy atom. The Kier molecular flexibility index (Phi) is 4.66. The summed E-state index contributed by atoms with van der Waals surface area (Å²) in [5.74, 6) is -1.10. The predicted octanol–water partition coefficient (Wildman–Crippen LogP) is 0.989. The molecule has 0 radical (unpaired) electrons. The van der Waals surface area contributed by atoms with E-state index in [-0.39, 0.29) is 12.3 Å². The van der Waals surface area contributed by atoms with Gasteiger partial charge in [-0.15, -0.1) is 0 Å². The third-order valence-corrected chi connectivity index (χ3v) is 2.24. The van der Waals surface area contributed by atoms with E-state index in [1.165, 1.54) is 0 Å². The maximum absolute atomic E-state index is 11.4. The molecule has 1 aromatic carbocycles. The smallest absolute Gasteiger partial charge is 0.303 e. The average Bonchev–Trinajstić information content (AvgIpc) is 2.26. The number of hydrogen-bond donors (Lipinski definition) is 3. The first-order valence-electron chi connectivity index (χ1n) is 5.36. The molecule has 0 fully saturated rings. The zero-order valence-electron chi connectivity index (χ0n) is 9.64. The van der Waals surface area contributed by atoms with Gasteiger partial charge in [-0.1, -0.05) is 12.1 Å². The molecule has 1 rings (SSSR count). The van der Waals surface area contributed by atoms with Crippen LogP contribution in [0.2, 0.25) is 0 Å². The van der Waals surface area contributed by atoms with Gasteiger partial charge in [0.2, 0.25) is 5.91 Å². The molecular weight excluding hydrogens is 220 g/mol. The maximum atomic E-state index is 11.4. The summed E-state index contributed by atoms with van der Waals surface area (Å²) in [6.45, 7) is 1.60. The second-order valence-corrected chi connectivity index (χ2v) is 3.87. The number of carbonyl (C=O) groups is 2. The summed E-state index contributed by atoms with van der Waals surface area (Å²) in [5.41, 5.74) is 6.94. The van der Waals surface area contributed by atoms with Crippen LogP contribution in [0.3, 0.4) is 0 Å². The summed E-state index contributed by atoms with van der Waals surface area (Å²) < 4.78 is 0. The fourth-order valence-electron chi connectivity index (χ4n) is 1.31. The first-order valence-corrected chi connectivity index (χ1v) is 5.36. The minimum absolute atomic E-state index is 0.0741. The lowest BCUT2D eigenvalue weighted by Crippen LogP contribution is -2.32. The van der Waals surface area contributed by atoms with E-state index in [0.29, 0.717) is 12.1 Å². The zero-order chi connectivity index (χ0) is 12.8. The lowest BCUT2D eigenvalue weighted by atomic mass is 10.1. The van der Waals surface area contributed by atoms with Crippen molar-refractivity contribution < 1.29 is 14.7 Å². The molecule has 5 heteroatoms. The van der Waals surface area contributed by atoms with Gasteiger partial charge in [-0.25, -0.2) is 0 Å². The number of carbonyl (C=O) groups excluding carboxylic acids is 1. The molecule has 17 heavy (non-hydrogen) atoms. The van der Waals surface area contributed by atoms with E-state index in [4.69, 9.17) is 10.8 Å². The second-order valence-electron chi connectivity index (χ2n) is 3.87. The van der Waals surface area contributed by atoms with Crippen molar-refractivity contribution in [2.24, 2.45) is 5.73 Å². The summed E-state index contributed by atoms with van der Waals surface area (Å²) >= 11 is 0. The number of benzene rings is 1. The molecule has 0 saturated carbocycles. The first kappa shape index (κ1) is 13.2. The number of carboxylic acids is 1. The molecule has 0 aliphatic rings. The molecule has 4 N–H and O–H groups in total.